The zero-order valence-corrected chi connectivity index (χ0v) is 50.0. The van der Waals surface area contributed by atoms with Gasteiger partial charge in [-0.1, -0.05) is 0 Å². The fraction of sp³-hybridized carbons (Fsp3) is 0.183. The molecule has 0 saturated carbocycles. The number of benzene rings is 8. The van der Waals surface area contributed by atoms with E-state index in [-0.39, 0.29) is 42.7 Å². The van der Waals surface area contributed by atoms with Crippen molar-refractivity contribution in [2.24, 2.45) is 40.9 Å². The summed E-state index contributed by atoms with van der Waals surface area (Å²) in [7, 11) is -9.30. The summed E-state index contributed by atoms with van der Waals surface area (Å²) in [4.78, 5) is 12.3. The lowest BCUT2D eigenvalue weighted by atomic mass is 10.0. The molecule has 0 aromatic heterocycles. The lowest BCUT2D eigenvalue weighted by Crippen LogP contribution is -2.16. The largest absolute Gasteiger partial charge is 0.505 e. The predicted octanol–water partition coefficient (Wildman–Crippen LogP) is 14.7. The first-order chi connectivity index (χ1) is 41.9. The lowest BCUT2D eigenvalue weighted by molar-refractivity contribution is 0.102. The zero-order valence-electron chi connectivity index (χ0n) is 47.6. The number of phenolic OH excluding ortho intramolecular Hbond substituents is 1. The van der Waals surface area contributed by atoms with E-state index in [1.54, 1.807) is 129 Å². The molecule has 1 amide bonds. The minimum absolute atomic E-state index is 0.00376. The van der Waals surface area contributed by atoms with Crippen molar-refractivity contribution in [3.63, 3.8) is 0 Å². The number of aromatic hydroxyl groups is 1. The molecule has 0 spiro atoms. The van der Waals surface area contributed by atoms with Gasteiger partial charge in [0.2, 0.25) is 0 Å². The summed E-state index contributed by atoms with van der Waals surface area (Å²) < 4.78 is 123. The summed E-state index contributed by atoms with van der Waals surface area (Å²) in [5.41, 5.74) is 5.62. The molecule has 0 radical (unpaired) electrons. The highest BCUT2D eigenvalue weighted by Crippen LogP contribution is 2.43. The second-order valence-electron chi connectivity index (χ2n) is 19.8. The fourth-order valence-corrected chi connectivity index (χ4v) is 10.8. The second-order valence-corrected chi connectivity index (χ2v) is 24.1. The van der Waals surface area contributed by atoms with E-state index < -0.39 is 69.3 Å². The van der Waals surface area contributed by atoms with Gasteiger partial charge >= 0.3 is 0 Å². The minimum Gasteiger partial charge on any atom is -0.505 e. The number of aryl methyl sites for hydroxylation is 2. The van der Waals surface area contributed by atoms with Crippen LogP contribution in [0.4, 0.5) is 51.2 Å². The Bertz CT molecular complexity index is 4560. The Kier molecular flexibility index (Phi) is 19.1. The highest BCUT2D eigenvalue weighted by Gasteiger charge is 2.27. The monoisotopic (exact) mass is 1250 g/mol. The van der Waals surface area contributed by atoms with E-state index in [2.05, 4.69) is 51.5 Å². The number of nitrogens with zero attached hydrogens (tertiary/aromatic N) is 8. The molecular formula is C60H56N10O15S3. The van der Waals surface area contributed by atoms with Crippen LogP contribution in [0.25, 0.3) is 21.5 Å². The quantitative estimate of drug-likeness (QED) is 0.0197. The summed E-state index contributed by atoms with van der Waals surface area (Å²) >= 11 is 0. The molecule has 1 aliphatic carbocycles. The number of ether oxygens (including phenoxy) is 4. The van der Waals surface area contributed by atoms with Crippen LogP contribution in [0, 0.1) is 13.8 Å². The molecule has 9 rings (SSSR count). The number of hydrogen-bond donors (Lipinski definition) is 6. The van der Waals surface area contributed by atoms with Gasteiger partial charge in [-0.05, 0) is 182 Å². The first-order valence-corrected chi connectivity index (χ1v) is 31.1. The van der Waals surface area contributed by atoms with Crippen LogP contribution in [0.15, 0.2) is 214 Å². The summed E-state index contributed by atoms with van der Waals surface area (Å²) in [5, 5.41) is 53.5. The summed E-state index contributed by atoms with van der Waals surface area (Å²) in [6.45, 7) is 3.61. The molecule has 0 heterocycles. The number of rotatable bonds is 23. The Balaban J connectivity index is 0.804. The number of nitrogens with one attached hydrogen (secondary N) is 2. The van der Waals surface area contributed by atoms with Gasteiger partial charge in [0.15, 0.2) is 5.75 Å². The third-order valence-corrected chi connectivity index (χ3v) is 16.1. The standard InChI is InChI=1S/C60H56N10O15S3/c1-35-26-37(60(72)62-44-15-20-48-38(28-44)30-47(87(76,77)78)32-54(48)85-24-6-7-25-86(73,74)75)8-22-50(35)66-63-41-9-11-42(12-10-41)64-67-51-23-17-45(27-36(51)2)65-68-52-33-56(84-5)53(34-55(52)83-4)69-70-58-57(88(79,80)81)31-39-29-43(16-21-49(39)59(58)71)61-40-13-18-46(82-3)19-14-40/h8-23,26-32,34,52,61,71H,6-7,24-25,33H2,1-5H3,(H,62,72)(H,73,74,75)(H,76,77,78)(H,79,80,81). The van der Waals surface area contributed by atoms with Gasteiger partial charge < -0.3 is 34.7 Å². The average molecular weight is 1250 g/mol. The van der Waals surface area contributed by atoms with Crippen LogP contribution in [0.3, 0.4) is 0 Å². The van der Waals surface area contributed by atoms with Gasteiger partial charge in [0.05, 0.1) is 67.0 Å². The number of hydrogen-bond acceptors (Lipinski definition) is 21. The van der Waals surface area contributed by atoms with Crippen LogP contribution in [0.1, 0.15) is 40.7 Å². The van der Waals surface area contributed by atoms with Crippen molar-refractivity contribution in [3.8, 4) is 17.2 Å². The molecule has 0 aliphatic heterocycles. The van der Waals surface area contributed by atoms with Crippen molar-refractivity contribution in [3.05, 3.63) is 180 Å². The Hall–Kier alpha value is -9.84. The van der Waals surface area contributed by atoms with Crippen molar-refractivity contribution in [1.29, 1.82) is 0 Å². The molecule has 0 fully saturated rings. The van der Waals surface area contributed by atoms with Crippen LogP contribution >= 0.6 is 0 Å². The molecule has 8 aromatic rings. The van der Waals surface area contributed by atoms with Gasteiger partial charge in [0, 0.05) is 52.0 Å². The van der Waals surface area contributed by atoms with E-state index in [1.165, 1.54) is 38.5 Å². The summed E-state index contributed by atoms with van der Waals surface area (Å²) in [6.07, 6.45) is 1.96. The Morgan fingerprint density at radius 3 is 1.84 bits per heavy atom. The molecule has 1 aliphatic rings. The SMILES string of the molecule is COC1=CC(N=Nc2c(S(=O)(=O)O)cc3cc(Nc4ccc(OC)cc4)ccc3c2O)=C(OC)CC1N=Nc1ccc(N=Nc2ccc(N=Nc3ccc(C(=O)Nc4ccc5c(OCCCCS(=O)(=O)O)cc(S(=O)(=O)O)cc5c4)cc3C)cc2)c(C)c1. The molecular weight excluding hydrogens is 1200 g/mol. The predicted molar refractivity (Wildman–Crippen MR) is 328 cm³/mol. The molecule has 88 heavy (non-hydrogen) atoms. The second kappa shape index (κ2) is 26.8. The van der Waals surface area contributed by atoms with E-state index in [0.29, 0.717) is 84.4 Å². The summed E-state index contributed by atoms with van der Waals surface area (Å²) in [6, 6.07) is 36.6. The topological polar surface area (TPSA) is 360 Å². The van der Waals surface area contributed by atoms with Gasteiger partial charge in [0.25, 0.3) is 36.3 Å². The first-order valence-electron chi connectivity index (χ1n) is 26.6. The highest BCUT2D eigenvalue weighted by molar-refractivity contribution is 7.86. The van der Waals surface area contributed by atoms with Crippen LogP contribution in [0.2, 0.25) is 0 Å². The molecule has 25 nitrogen and oxygen atoms in total. The third-order valence-electron chi connectivity index (χ3n) is 13.6. The smallest absolute Gasteiger partial charge is 0.296 e. The van der Waals surface area contributed by atoms with E-state index in [4.69, 9.17) is 23.5 Å². The zero-order chi connectivity index (χ0) is 62.9. The lowest BCUT2D eigenvalue weighted by Gasteiger charge is -2.21. The van der Waals surface area contributed by atoms with Crippen molar-refractivity contribution in [2.75, 3.05) is 44.3 Å². The van der Waals surface area contributed by atoms with E-state index in [1.807, 2.05) is 6.92 Å². The maximum absolute atomic E-state index is 13.4. The Morgan fingerprint density at radius 1 is 0.591 bits per heavy atom. The Labute approximate surface area is 505 Å². The molecule has 0 bridgehead atoms. The van der Waals surface area contributed by atoms with Gasteiger partial charge in [-0.3, -0.25) is 18.5 Å². The van der Waals surface area contributed by atoms with Crippen molar-refractivity contribution < 1.29 is 67.8 Å². The van der Waals surface area contributed by atoms with Crippen molar-refractivity contribution >= 4 is 109 Å². The number of amides is 1. The van der Waals surface area contributed by atoms with Crippen molar-refractivity contribution in [1.82, 2.24) is 0 Å². The van der Waals surface area contributed by atoms with Crippen LogP contribution in [-0.4, -0.2) is 89.7 Å². The van der Waals surface area contributed by atoms with Crippen LogP contribution < -0.4 is 20.1 Å². The van der Waals surface area contributed by atoms with Crippen LogP contribution in [0.5, 0.6) is 17.2 Å². The van der Waals surface area contributed by atoms with E-state index >= 15 is 0 Å². The molecule has 1 unspecified atom stereocenters. The molecule has 8 aromatic carbocycles. The number of anilines is 3. The maximum Gasteiger partial charge on any atom is 0.296 e. The number of azo groups is 4. The number of methoxy groups -OCH3 is 3. The highest BCUT2D eigenvalue weighted by atomic mass is 32.2. The number of unbranched alkanes of at least 4 members (excludes halogenated alkanes) is 1. The number of allylic oxidation sites excluding steroid dienone is 1. The van der Waals surface area contributed by atoms with Crippen molar-refractivity contribution in [2.45, 2.75) is 48.9 Å². The normalized spacial score (nSPS) is 14.1. The van der Waals surface area contributed by atoms with E-state index in [0.717, 1.165) is 17.3 Å². The Morgan fingerprint density at radius 2 is 1.22 bits per heavy atom. The number of fused-ring (bicyclic) bond motifs is 2. The van der Waals surface area contributed by atoms with Crippen LogP contribution in [-0.2, 0) is 39.8 Å². The number of carbonyl (C=O) groups excluding carboxylic acids is 1. The number of phenols is 1. The van der Waals surface area contributed by atoms with Gasteiger partial charge in [-0.2, -0.15) is 55.9 Å². The molecule has 1 atom stereocenters. The molecule has 28 heteroatoms. The van der Waals surface area contributed by atoms with Gasteiger partial charge in [-0.15, -0.1) is 10.2 Å². The van der Waals surface area contributed by atoms with Gasteiger partial charge in [-0.25, -0.2) is 0 Å². The molecule has 0 saturated heterocycles. The minimum atomic E-state index is -4.92. The fourth-order valence-electron chi connectivity index (χ4n) is 9.02. The maximum atomic E-state index is 13.4. The number of carbonyl (C=O) groups is 1. The molecule has 454 valence electrons. The molecule has 6 N–H and O–H groups in total. The van der Waals surface area contributed by atoms with Gasteiger partial charge in [0.1, 0.15) is 45.3 Å². The first kappa shape index (κ1) is 62.7. The van der Waals surface area contributed by atoms with E-state index in [9.17, 15) is 44.3 Å². The third kappa shape index (κ3) is 15.8. The average Bonchev–Trinajstić information content (AvgIpc) is 1.61. The summed E-state index contributed by atoms with van der Waals surface area (Å²) in [5.74, 6) is -0.0506.